The summed E-state index contributed by atoms with van der Waals surface area (Å²) in [4.78, 5) is 64.3. The number of nitrogens with zero attached hydrogens (tertiary/aromatic N) is 2. The van der Waals surface area contributed by atoms with E-state index in [1.165, 1.54) is 22.7 Å². The summed E-state index contributed by atoms with van der Waals surface area (Å²) in [5.74, 6) is -0.484. The second-order valence-electron chi connectivity index (χ2n) is 11.5. The lowest BCUT2D eigenvalue weighted by Crippen LogP contribution is -2.07. The summed E-state index contributed by atoms with van der Waals surface area (Å²) in [5, 5.41) is 2.11. The summed E-state index contributed by atoms with van der Waals surface area (Å²) in [6.45, 7) is 0. The molecule has 0 aliphatic carbocycles. The predicted molar refractivity (Wildman–Crippen MR) is 196 cm³/mol. The van der Waals surface area contributed by atoms with Crippen LogP contribution in [0.15, 0.2) is 140 Å². The SMILES string of the molecule is O=C(c1ccc(C(=O)c2c(-c3nc4ccccc4c(=O)o3)sc3ccccc23)cc1)c1c(-c2nc3ccccc3c(=O)o2)sc2ccccc12. The Morgan fingerprint density at radius 1 is 0.460 bits per heavy atom. The highest BCUT2D eigenvalue weighted by Gasteiger charge is 2.27. The van der Waals surface area contributed by atoms with Crippen molar-refractivity contribution >= 4 is 76.2 Å². The molecule has 0 bridgehead atoms. The van der Waals surface area contributed by atoms with Gasteiger partial charge in [0.25, 0.3) is 0 Å². The van der Waals surface area contributed by atoms with E-state index in [4.69, 9.17) is 8.83 Å². The number of rotatable bonds is 6. The van der Waals surface area contributed by atoms with Gasteiger partial charge in [-0.2, -0.15) is 0 Å². The van der Waals surface area contributed by atoms with Gasteiger partial charge in [0.05, 0.1) is 32.9 Å². The molecule has 0 saturated carbocycles. The van der Waals surface area contributed by atoms with Crippen molar-refractivity contribution in [1.29, 1.82) is 0 Å². The molecule has 50 heavy (non-hydrogen) atoms. The molecular formula is C40H20N2O6S2. The van der Waals surface area contributed by atoms with Crippen LogP contribution >= 0.6 is 22.7 Å². The van der Waals surface area contributed by atoms with Crippen LogP contribution < -0.4 is 11.3 Å². The Kier molecular flexibility index (Phi) is 6.94. The lowest BCUT2D eigenvalue weighted by molar-refractivity contribution is 0.103. The van der Waals surface area contributed by atoms with Crippen LogP contribution in [-0.4, -0.2) is 21.5 Å². The molecule has 4 aromatic heterocycles. The minimum Gasteiger partial charge on any atom is -0.402 e. The smallest absolute Gasteiger partial charge is 0.347 e. The summed E-state index contributed by atoms with van der Waals surface area (Å²) in [6.07, 6.45) is 0. The molecule has 8 nitrogen and oxygen atoms in total. The molecule has 238 valence electrons. The van der Waals surface area contributed by atoms with Gasteiger partial charge in [0.2, 0.25) is 11.8 Å². The highest BCUT2D eigenvalue weighted by atomic mass is 32.1. The number of para-hydroxylation sites is 2. The van der Waals surface area contributed by atoms with Crippen LogP contribution in [0.1, 0.15) is 31.8 Å². The van der Waals surface area contributed by atoms with Gasteiger partial charge in [-0.15, -0.1) is 22.7 Å². The maximum Gasteiger partial charge on any atom is 0.347 e. The van der Waals surface area contributed by atoms with Crippen LogP contribution in [0.2, 0.25) is 0 Å². The highest BCUT2D eigenvalue weighted by molar-refractivity contribution is 7.23. The molecule has 0 saturated heterocycles. The number of carbonyl (C=O) groups excluding carboxylic acids is 2. The first kappa shape index (κ1) is 29.8. The molecule has 9 aromatic rings. The molecule has 0 aliphatic rings. The summed E-state index contributed by atoms with van der Waals surface area (Å²) < 4.78 is 13.0. The lowest BCUT2D eigenvalue weighted by atomic mass is 9.96. The van der Waals surface area contributed by atoms with Crippen molar-refractivity contribution in [3.8, 4) is 21.5 Å². The Hall–Kier alpha value is -6.36. The predicted octanol–water partition coefficient (Wildman–Crippen LogP) is 8.91. The summed E-state index contributed by atoms with van der Waals surface area (Å²) in [7, 11) is 0. The Morgan fingerprint density at radius 2 is 0.820 bits per heavy atom. The number of thiophene rings is 2. The van der Waals surface area contributed by atoms with E-state index in [0.717, 1.165) is 9.40 Å². The fourth-order valence-electron chi connectivity index (χ4n) is 6.14. The van der Waals surface area contributed by atoms with E-state index in [9.17, 15) is 19.2 Å². The van der Waals surface area contributed by atoms with Crippen LogP contribution in [0.5, 0.6) is 0 Å². The number of hydrogen-bond donors (Lipinski definition) is 0. The van der Waals surface area contributed by atoms with Crippen molar-refractivity contribution < 1.29 is 18.4 Å². The molecule has 0 spiro atoms. The fraction of sp³-hybridized carbons (Fsp3) is 0. The molecule has 0 amide bonds. The average Bonchev–Trinajstić information content (AvgIpc) is 3.74. The lowest BCUT2D eigenvalue weighted by Gasteiger charge is -2.07. The third-order valence-electron chi connectivity index (χ3n) is 8.51. The molecule has 4 heterocycles. The van der Waals surface area contributed by atoms with Crippen molar-refractivity contribution in [3.05, 3.63) is 164 Å². The molecule has 5 aromatic carbocycles. The van der Waals surface area contributed by atoms with E-state index in [1.54, 1.807) is 72.8 Å². The molecule has 0 aliphatic heterocycles. The van der Waals surface area contributed by atoms with E-state index < -0.39 is 11.3 Å². The number of ketones is 2. The van der Waals surface area contributed by atoms with Gasteiger partial charge >= 0.3 is 11.3 Å². The van der Waals surface area contributed by atoms with Crippen LogP contribution in [-0.2, 0) is 0 Å². The summed E-state index contributed by atoms with van der Waals surface area (Å²) in [6, 6.07) is 35.2. The monoisotopic (exact) mass is 688 g/mol. The van der Waals surface area contributed by atoms with E-state index in [0.29, 0.717) is 64.6 Å². The number of aromatic nitrogens is 2. The standard InChI is InChI=1S/C40H20N2O6S2/c43-33(31-25-11-3-7-15-29(25)49-35(31)37-41-27-13-5-1-9-23(27)39(45)47-37)21-17-19-22(20-18-21)34(44)32-26-12-4-8-16-30(26)50-36(32)38-42-28-14-6-2-10-24(28)40(46)48-38/h1-20H. The van der Waals surface area contributed by atoms with E-state index in [1.807, 2.05) is 48.5 Å². The largest absolute Gasteiger partial charge is 0.402 e. The zero-order valence-electron chi connectivity index (χ0n) is 25.7. The van der Waals surface area contributed by atoms with Crippen molar-refractivity contribution in [1.82, 2.24) is 9.97 Å². The van der Waals surface area contributed by atoms with Gasteiger partial charge in [0.1, 0.15) is 9.75 Å². The quantitative estimate of drug-likeness (QED) is 0.159. The Bertz CT molecular complexity index is 2770. The van der Waals surface area contributed by atoms with Crippen molar-refractivity contribution in [3.63, 3.8) is 0 Å². The number of hydrogen-bond acceptors (Lipinski definition) is 10. The second kappa shape index (κ2) is 11.7. The normalized spacial score (nSPS) is 11.5. The number of fused-ring (bicyclic) bond motifs is 4. The first-order valence-electron chi connectivity index (χ1n) is 15.5. The minimum absolute atomic E-state index is 0.0656. The van der Waals surface area contributed by atoms with Gasteiger partial charge in [-0.3, -0.25) is 9.59 Å². The Balaban J connectivity index is 1.13. The van der Waals surface area contributed by atoms with Gasteiger partial charge in [-0.05, 0) is 36.4 Å². The summed E-state index contributed by atoms with van der Waals surface area (Å²) >= 11 is 2.64. The summed E-state index contributed by atoms with van der Waals surface area (Å²) in [5.41, 5.74) is 1.26. The van der Waals surface area contributed by atoms with Gasteiger partial charge in [0.15, 0.2) is 11.6 Å². The zero-order chi connectivity index (χ0) is 33.9. The highest BCUT2D eigenvalue weighted by Crippen LogP contribution is 2.41. The molecule has 0 fully saturated rings. The van der Waals surface area contributed by atoms with Crippen molar-refractivity contribution in [2.45, 2.75) is 0 Å². The molecule has 0 atom stereocenters. The topological polar surface area (TPSA) is 120 Å². The van der Waals surface area contributed by atoms with Crippen LogP contribution in [0.25, 0.3) is 63.5 Å². The van der Waals surface area contributed by atoms with E-state index in [-0.39, 0.29) is 23.3 Å². The van der Waals surface area contributed by atoms with E-state index in [2.05, 4.69) is 9.97 Å². The van der Waals surface area contributed by atoms with E-state index >= 15 is 0 Å². The first-order chi connectivity index (χ1) is 24.4. The van der Waals surface area contributed by atoms with Crippen molar-refractivity contribution in [2.75, 3.05) is 0 Å². The molecule has 0 unspecified atom stereocenters. The molecule has 10 heteroatoms. The Morgan fingerprint density at radius 3 is 1.24 bits per heavy atom. The number of carbonyl (C=O) groups is 2. The zero-order valence-corrected chi connectivity index (χ0v) is 27.3. The minimum atomic E-state index is -0.539. The van der Waals surface area contributed by atoms with Crippen LogP contribution in [0.4, 0.5) is 0 Å². The third kappa shape index (κ3) is 4.80. The average molecular weight is 689 g/mol. The number of benzene rings is 5. The van der Waals surface area contributed by atoms with Gasteiger partial charge in [0, 0.05) is 31.3 Å². The second-order valence-corrected chi connectivity index (χ2v) is 13.6. The maximum atomic E-state index is 14.3. The molecule has 0 N–H and O–H groups in total. The van der Waals surface area contributed by atoms with Gasteiger partial charge < -0.3 is 8.83 Å². The fourth-order valence-corrected chi connectivity index (χ4v) is 8.39. The van der Waals surface area contributed by atoms with Gasteiger partial charge in [-0.25, -0.2) is 19.6 Å². The van der Waals surface area contributed by atoms with Crippen LogP contribution in [0.3, 0.4) is 0 Å². The van der Waals surface area contributed by atoms with Crippen molar-refractivity contribution in [2.24, 2.45) is 0 Å². The van der Waals surface area contributed by atoms with Crippen LogP contribution in [0, 0.1) is 0 Å². The molecular weight excluding hydrogens is 669 g/mol. The van der Waals surface area contributed by atoms with Gasteiger partial charge in [-0.1, -0.05) is 84.9 Å². The third-order valence-corrected chi connectivity index (χ3v) is 10.8. The first-order valence-corrected chi connectivity index (χ1v) is 17.1. The maximum absolute atomic E-state index is 14.3. The molecule has 9 rings (SSSR count). The molecule has 0 radical (unpaired) electrons. The Labute approximate surface area is 289 Å².